The molecule has 0 aromatic heterocycles. The number of hydrogen-bond acceptors (Lipinski definition) is 1. The molecule has 1 heterocycles. The second kappa shape index (κ2) is 4.27. The molecule has 1 aliphatic heterocycles. The van der Waals surface area contributed by atoms with Gasteiger partial charge in [0.1, 0.15) is 0 Å². The minimum atomic E-state index is 0.870. The first-order valence-electron chi connectivity index (χ1n) is 5.44. The molecule has 0 aromatic carbocycles. The summed E-state index contributed by atoms with van der Waals surface area (Å²) in [5, 5.41) is 0. The van der Waals surface area contributed by atoms with Crippen molar-refractivity contribution in [3.05, 3.63) is 0 Å². The molecular formula is C11H23N. The summed E-state index contributed by atoms with van der Waals surface area (Å²) in [5.74, 6) is 0.905. The fraction of sp³-hybridized carbons (Fsp3) is 1.00. The van der Waals surface area contributed by atoms with Gasteiger partial charge >= 0.3 is 0 Å². The van der Waals surface area contributed by atoms with E-state index in [1.54, 1.807) is 0 Å². The van der Waals surface area contributed by atoms with Gasteiger partial charge in [-0.2, -0.15) is 0 Å². The molecule has 0 aliphatic carbocycles. The number of hydrogen-bond donors (Lipinski definition) is 0. The lowest BCUT2D eigenvalue weighted by Crippen LogP contribution is -2.21. The van der Waals surface area contributed by atoms with Crippen molar-refractivity contribution in [2.75, 3.05) is 6.54 Å². The molecule has 0 aromatic rings. The standard InChI is InChI=1S/C11H23N/c1-5-9(3)7-11(6-2)12-8-10(12)4/h9-11H,5-8H2,1-4H3. The van der Waals surface area contributed by atoms with Crippen molar-refractivity contribution < 1.29 is 0 Å². The average molecular weight is 169 g/mol. The third kappa shape index (κ3) is 2.48. The topological polar surface area (TPSA) is 3.01 Å². The van der Waals surface area contributed by atoms with Crippen LogP contribution in [0.2, 0.25) is 0 Å². The quantitative estimate of drug-likeness (QED) is 0.572. The number of rotatable bonds is 5. The number of nitrogens with zero attached hydrogens (tertiary/aromatic N) is 1. The molecule has 1 heteroatoms. The van der Waals surface area contributed by atoms with Crippen molar-refractivity contribution in [3.63, 3.8) is 0 Å². The van der Waals surface area contributed by atoms with Crippen molar-refractivity contribution in [3.8, 4) is 0 Å². The molecule has 0 spiro atoms. The Labute approximate surface area is 77.1 Å². The van der Waals surface area contributed by atoms with Crippen LogP contribution >= 0.6 is 0 Å². The van der Waals surface area contributed by atoms with E-state index in [0.29, 0.717) is 0 Å². The van der Waals surface area contributed by atoms with Crippen LogP contribution in [0.1, 0.15) is 47.0 Å². The highest BCUT2D eigenvalue weighted by molar-refractivity contribution is 4.90. The Balaban J connectivity index is 2.26. The van der Waals surface area contributed by atoms with Gasteiger partial charge in [-0.15, -0.1) is 0 Å². The van der Waals surface area contributed by atoms with Crippen LogP contribution in [0.3, 0.4) is 0 Å². The zero-order valence-electron chi connectivity index (χ0n) is 9.01. The monoisotopic (exact) mass is 169 g/mol. The van der Waals surface area contributed by atoms with Gasteiger partial charge in [-0.25, -0.2) is 0 Å². The van der Waals surface area contributed by atoms with Crippen LogP contribution in [0.15, 0.2) is 0 Å². The smallest absolute Gasteiger partial charge is 0.0198 e. The molecule has 4 atom stereocenters. The molecule has 4 unspecified atom stereocenters. The predicted octanol–water partition coefficient (Wildman–Crippen LogP) is 2.91. The fourth-order valence-electron chi connectivity index (χ4n) is 1.93. The second-order valence-corrected chi connectivity index (χ2v) is 4.36. The molecule has 72 valence electrons. The van der Waals surface area contributed by atoms with Crippen LogP contribution in [0.25, 0.3) is 0 Å². The molecule has 1 fully saturated rings. The van der Waals surface area contributed by atoms with Gasteiger partial charge in [0, 0.05) is 18.6 Å². The summed E-state index contributed by atoms with van der Waals surface area (Å²) in [6.07, 6.45) is 4.06. The van der Waals surface area contributed by atoms with Gasteiger partial charge in [0.25, 0.3) is 0 Å². The highest BCUT2D eigenvalue weighted by Gasteiger charge is 2.34. The van der Waals surface area contributed by atoms with Gasteiger partial charge < -0.3 is 0 Å². The van der Waals surface area contributed by atoms with Crippen molar-refractivity contribution in [2.45, 2.75) is 59.0 Å². The normalized spacial score (nSPS) is 33.0. The largest absolute Gasteiger partial charge is 0.295 e. The maximum Gasteiger partial charge on any atom is 0.0198 e. The molecule has 0 bridgehead atoms. The zero-order valence-corrected chi connectivity index (χ0v) is 9.01. The third-order valence-electron chi connectivity index (χ3n) is 3.22. The minimum absolute atomic E-state index is 0.870. The summed E-state index contributed by atoms with van der Waals surface area (Å²) in [4.78, 5) is 2.63. The first-order valence-corrected chi connectivity index (χ1v) is 5.44. The Morgan fingerprint density at radius 1 is 1.33 bits per heavy atom. The lowest BCUT2D eigenvalue weighted by atomic mass is 9.98. The minimum Gasteiger partial charge on any atom is -0.295 e. The molecule has 0 radical (unpaired) electrons. The maximum absolute atomic E-state index is 2.63. The predicted molar refractivity (Wildman–Crippen MR) is 54.3 cm³/mol. The Kier molecular flexibility index (Phi) is 3.57. The Bertz CT molecular complexity index is 133. The lowest BCUT2D eigenvalue weighted by Gasteiger charge is -2.20. The van der Waals surface area contributed by atoms with Gasteiger partial charge in [0.15, 0.2) is 0 Å². The molecule has 1 aliphatic rings. The van der Waals surface area contributed by atoms with E-state index in [1.165, 1.54) is 25.8 Å². The van der Waals surface area contributed by atoms with Crippen molar-refractivity contribution >= 4 is 0 Å². The molecular weight excluding hydrogens is 146 g/mol. The molecule has 0 N–H and O–H groups in total. The second-order valence-electron chi connectivity index (χ2n) is 4.36. The highest BCUT2D eigenvalue weighted by Crippen LogP contribution is 2.27. The summed E-state index contributed by atoms with van der Waals surface area (Å²) in [7, 11) is 0. The van der Waals surface area contributed by atoms with E-state index < -0.39 is 0 Å². The molecule has 0 saturated carbocycles. The molecule has 12 heavy (non-hydrogen) atoms. The van der Waals surface area contributed by atoms with Gasteiger partial charge in [-0.05, 0) is 25.7 Å². The Morgan fingerprint density at radius 2 is 1.92 bits per heavy atom. The lowest BCUT2D eigenvalue weighted by molar-refractivity contribution is 0.298. The molecule has 1 nitrogen and oxygen atoms in total. The van der Waals surface area contributed by atoms with Crippen molar-refractivity contribution in [2.24, 2.45) is 5.92 Å². The first kappa shape index (κ1) is 10.0. The summed E-state index contributed by atoms with van der Waals surface area (Å²) in [5.41, 5.74) is 0. The van der Waals surface area contributed by atoms with Crippen LogP contribution in [-0.4, -0.2) is 23.5 Å². The highest BCUT2D eigenvalue weighted by atomic mass is 15.3. The van der Waals surface area contributed by atoms with Crippen LogP contribution in [0.5, 0.6) is 0 Å². The molecule has 1 saturated heterocycles. The van der Waals surface area contributed by atoms with E-state index in [1.807, 2.05) is 0 Å². The molecule has 0 amide bonds. The van der Waals surface area contributed by atoms with Gasteiger partial charge in [-0.3, -0.25) is 4.90 Å². The third-order valence-corrected chi connectivity index (χ3v) is 3.22. The Morgan fingerprint density at radius 3 is 2.25 bits per heavy atom. The van der Waals surface area contributed by atoms with E-state index in [0.717, 1.165) is 18.0 Å². The van der Waals surface area contributed by atoms with E-state index in [-0.39, 0.29) is 0 Å². The van der Waals surface area contributed by atoms with Crippen LogP contribution in [0, 0.1) is 5.92 Å². The molecule has 1 rings (SSSR count). The average Bonchev–Trinajstić information content (AvgIpc) is 2.77. The van der Waals surface area contributed by atoms with Crippen molar-refractivity contribution in [1.29, 1.82) is 0 Å². The summed E-state index contributed by atoms with van der Waals surface area (Å²) >= 11 is 0. The van der Waals surface area contributed by atoms with Crippen LogP contribution in [0.4, 0.5) is 0 Å². The first-order chi connectivity index (χ1) is 5.69. The summed E-state index contributed by atoms with van der Waals surface area (Å²) in [6, 6.07) is 1.74. The van der Waals surface area contributed by atoms with Crippen LogP contribution < -0.4 is 0 Å². The van der Waals surface area contributed by atoms with E-state index in [4.69, 9.17) is 0 Å². The van der Waals surface area contributed by atoms with Gasteiger partial charge in [-0.1, -0.05) is 27.2 Å². The maximum atomic E-state index is 2.63. The van der Waals surface area contributed by atoms with E-state index in [2.05, 4.69) is 32.6 Å². The van der Waals surface area contributed by atoms with Crippen molar-refractivity contribution in [1.82, 2.24) is 4.90 Å². The van der Waals surface area contributed by atoms with E-state index in [9.17, 15) is 0 Å². The van der Waals surface area contributed by atoms with Gasteiger partial charge in [0.2, 0.25) is 0 Å². The summed E-state index contributed by atoms with van der Waals surface area (Å²) < 4.78 is 0. The van der Waals surface area contributed by atoms with E-state index >= 15 is 0 Å². The Hall–Kier alpha value is -0.0400. The van der Waals surface area contributed by atoms with Crippen LogP contribution in [-0.2, 0) is 0 Å². The summed E-state index contributed by atoms with van der Waals surface area (Å²) in [6.45, 7) is 10.7. The zero-order chi connectivity index (χ0) is 9.14. The SMILES string of the molecule is CCC(C)CC(CC)N1CC1C. The fourth-order valence-corrected chi connectivity index (χ4v) is 1.93. The van der Waals surface area contributed by atoms with Gasteiger partial charge in [0.05, 0.1) is 0 Å².